The molecule has 74 valence electrons. The summed E-state index contributed by atoms with van der Waals surface area (Å²) in [5.74, 6) is -0.405. The maximum atomic E-state index is 11.1. The number of ketones is 1. The summed E-state index contributed by atoms with van der Waals surface area (Å²) in [5.41, 5.74) is 0.562. The van der Waals surface area contributed by atoms with Crippen LogP contribution in [0.3, 0.4) is 0 Å². The summed E-state index contributed by atoms with van der Waals surface area (Å²) in [6.45, 7) is 4.87. The van der Waals surface area contributed by atoms with Crippen LogP contribution in [-0.2, 0) is 6.42 Å². The number of phenolic OH excluding ortho intramolecular Hbond substituents is 2. The lowest BCUT2D eigenvalue weighted by atomic mass is 10.0. The van der Waals surface area contributed by atoms with Gasteiger partial charge in [-0.25, -0.2) is 0 Å². The Hall–Kier alpha value is -1.77. The fourth-order valence-electron chi connectivity index (χ4n) is 1.26. The van der Waals surface area contributed by atoms with Gasteiger partial charge in [0.2, 0.25) is 0 Å². The van der Waals surface area contributed by atoms with Crippen LogP contribution in [0.1, 0.15) is 22.8 Å². The molecule has 0 spiro atoms. The fraction of sp³-hybridized carbons (Fsp3) is 0.182. The summed E-state index contributed by atoms with van der Waals surface area (Å²) >= 11 is 0. The van der Waals surface area contributed by atoms with Crippen LogP contribution in [0.25, 0.3) is 0 Å². The number of Topliss-reactive ketones (excluding diaryl/α,β-unsaturated/α-hetero) is 1. The number of carbonyl (C=O) groups excluding carboxylic acids is 1. The van der Waals surface area contributed by atoms with Crippen molar-refractivity contribution in [3.8, 4) is 11.5 Å². The maximum absolute atomic E-state index is 11.1. The lowest BCUT2D eigenvalue weighted by molar-refractivity contribution is 0.101. The third-order valence-electron chi connectivity index (χ3n) is 1.99. The number of phenols is 2. The van der Waals surface area contributed by atoms with Gasteiger partial charge in [-0.1, -0.05) is 6.08 Å². The number of hydrogen-bond acceptors (Lipinski definition) is 3. The Bertz CT molecular complexity index is 380. The lowest BCUT2D eigenvalue weighted by Gasteiger charge is -2.07. The molecule has 0 aliphatic rings. The van der Waals surface area contributed by atoms with E-state index in [9.17, 15) is 15.0 Å². The van der Waals surface area contributed by atoms with Crippen molar-refractivity contribution in [1.82, 2.24) is 0 Å². The summed E-state index contributed by atoms with van der Waals surface area (Å²) in [6, 6.07) is 2.80. The molecule has 2 N–H and O–H groups in total. The minimum Gasteiger partial charge on any atom is -0.508 e. The van der Waals surface area contributed by atoms with Gasteiger partial charge in [-0.05, 0) is 25.5 Å². The predicted molar refractivity (Wildman–Crippen MR) is 53.7 cm³/mol. The van der Waals surface area contributed by atoms with Gasteiger partial charge in [0.05, 0.1) is 5.56 Å². The molecule has 0 unspecified atom stereocenters. The first-order valence-corrected chi connectivity index (χ1v) is 4.23. The molecule has 0 saturated carbocycles. The van der Waals surface area contributed by atoms with Crippen LogP contribution < -0.4 is 0 Å². The third-order valence-corrected chi connectivity index (χ3v) is 1.99. The molecule has 0 aliphatic heterocycles. The zero-order valence-electron chi connectivity index (χ0n) is 7.95. The van der Waals surface area contributed by atoms with E-state index >= 15 is 0 Å². The summed E-state index contributed by atoms with van der Waals surface area (Å²) in [5, 5.41) is 19.1. The quantitative estimate of drug-likeness (QED) is 0.569. The Morgan fingerprint density at radius 1 is 1.50 bits per heavy atom. The molecule has 0 aromatic heterocycles. The molecule has 3 nitrogen and oxygen atoms in total. The van der Waals surface area contributed by atoms with Crippen molar-refractivity contribution in [2.75, 3.05) is 0 Å². The standard InChI is InChI=1S/C11H12O3/c1-3-4-9-10(13)6-5-8(7(2)12)11(9)14/h3,5-6,13-14H,1,4H2,2H3. The van der Waals surface area contributed by atoms with E-state index in [2.05, 4.69) is 6.58 Å². The van der Waals surface area contributed by atoms with Crippen LogP contribution in [0.5, 0.6) is 11.5 Å². The normalized spacial score (nSPS) is 9.79. The van der Waals surface area contributed by atoms with Crippen molar-refractivity contribution in [2.45, 2.75) is 13.3 Å². The molecule has 1 rings (SSSR count). The number of hydrogen-bond donors (Lipinski definition) is 2. The molecule has 0 aliphatic carbocycles. The van der Waals surface area contributed by atoms with Crippen molar-refractivity contribution >= 4 is 5.78 Å². The molecule has 0 atom stereocenters. The largest absolute Gasteiger partial charge is 0.508 e. The molecule has 1 aromatic carbocycles. The van der Waals surface area contributed by atoms with Crippen LogP contribution in [0.15, 0.2) is 24.8 Å². The van der Waals surface area contributed by atoms with Crippen molar-refractivity contribution in [2.24, 2.45) is 0 Å². The number of benzene rings is 1. The average molecular weight is 192 g/mol. The minimum atomic E-state index is -0.229. The maximum Gasteiger partial charge on any atom is 0.163 e. The highest BCUT2D eigenvalue weighted by atomic mass is 16.3. The topological polar surface area (TPSA) is 57.5 Å². The van der Waals surface area contributed by atoms with Gasteiger partial charge in [0.1, 0.15) is 11.5 Å². The number of allylic oxidation sites excluding steroid dienone is 1. The fourth-order valence-corrected chi connectivity index (χ4v) is 1.26. The second kappa shape index (κ2) is 3.96. The molecule has 0 heterocycles. The van der Waals surface area contributed by atoms with E-state index in [-0.39, 0.29) is 22.8 Å². The number of aromatic hydroxyl groups is 2. The molecule has 14 heavy (non-hydrogen) atoms. The third kappa shape index (κ3) is 1.76. The van der Waals surface area contributed by atoms with Gasteiger partial charge in [-0.15, -0.1) is 6.58 Å². The Kier molecular flexibility index (Phi) is 2.92. The highest BCUT2D eigenvalue weighted by Crippen LogP contribution is 2.31. The molecule has 0 fully saturated rings. The Balaban J connectivity index is 3.32. The molecule has 0 radical (unpaired) electrons. The Morgan fingerprint density at radius 3 is 2.64 bits per heavy atom. The van der Waals surface area contributed by atoms with Crippen molar-refractivity contribution in [3.05, 3.63) is 35.9 Å². The van der Waals surface area contributed by atoms with E-state index in [0.717, 1.165) is 0 Å². The summed E-state index contributed by atoms with van der Waals surface area (Å²) in [4.78, 5) is 11.1. The molecule has 0 amide bonds. The second-order valence-corrected chi connectivity index (χ2v) is 3.01. The lowest BCUT2D eigenvalue weighted by Crippen LogP contribution is -1.96. The molecular weight excluding hydrogens is 180 g/mol. The summed E-state index contributed by atoms with van der Waals surface area (Å²) in [7, 11) is 0. The Labute approximate surface area is 82.3 Å². The first kappa shape index (κ1) is 10.3. The van der Waals surface area contributed by atoms with Crippen LogP contribution in [0, 0.1) is 0 Å². The molecule has 0 saturated heterocycles. The monoisotopic (exact) mass is 192 g/mol. The van der Waals surface area contributed by atoms with Crippen molar-refractivity contribution in [1.29, 1.82) is 0 Å². The van der Waals surface area contributed by atoms with Crippen LogP contribution in [-0.4, -0.2) is 16.0 Å². The molecule has 0 bridgehead atoms. The van der Waals surface area contributed by atoms with E-state index in [1.807, 2.05) is 0 Å². The number of rotatable bonds is 3. The smallest absolute Gasteiger partial charge is 0.163 e. The Morgan fingerprint density at radius 2 is 2.14 bits per heavy atom. The van der Waals surface area contributed by atoms with Gasteiger partial charge in [0.25, 0.3) is 0 Å². The number of carbonyl (C=O) groups is 1. The van der Waals surface area contributed by atoms with Gasteiger partial charge in [0.15, 0.2) is 5.78 Å². The van der Waals surface area contributed by atoms with Gasteiger partial charge < -0.3 is 10.2 Å². The van der Waals surface area contributed by atoms with Crippen molar-refractivity contribution < 1.29 is 15.0 Å². The van der Waals surface area contributed by atoms with Gasteiger partial charge in [-0.3, -0.25) is 4.79 Å². The minimum absolute atomic E-state index is 0.0209. The van der Waals surface area contributed by atoms with E-state index in [1.54, 1.807) is 6.08 Å². The van der Waals surface area contributed by atoms with Crippen molar-refractivity contribution in [3.63, 3.8) is 0 Å². The van der Waals surface area contributed by atoms with Gasteiger partial charge in [-0.2, -0.15) is 0 Å². The average Bonchev–Trinajstić information content (AvgIpc) is 2.11. The zero-order valence-corrected chi connectivity index (χ0v) is 7.95. The van der Waals surface area contributed by atoms with E-state index in [0.29, 0.717) is 12.0 Å². The van der Waals surface area contributed by atoms with Crippen LogP contribution >= 0.6 is 0 Å². The summed E-state index contributed by atoms with van der Waals surface area (Å²) in [6.07, 6.45) is 1.89. The van der Waals surface area contributed by atoms with E-state index in [4.69, 9.17) is 0 Å². The van der Waals surface area contributed by atoms with Gasteiger partial charge >= 0.3 is 0 Å². The first-order valence-electron chi connectivity index (χ1n) is 4.23. The highest BCUT2D eigenvalue weighted by Gasteiger charge is 2.13. The van der Waals surface area contributed by atoms with Crippen LogP contribution in [0.2, 0.25) is 0 Å². The summed E-state index contributed by atoms with van der Waals surface area (Å²) < 4.78 is 0. The predicted octanol–water partition coefficient (Wildman–Crippen LogP) is 2.03. The molecule has 1 aromatic rings. The highest BCUT2D eigenvalue weighted by molar-refractivity contribution is 5.97. The SMILES string of the molecule is C=CCc1c(O)ccc(C(C)=O)c1O. The van der Waals surface area contributed by atoms with E-state index < -0.39 is 0 Å². The van der Waals surface area contributed by atoms with E-state index in [1.165, 1.54) is 19.1 Å². The van der Waals surface area contributed by atoms with Crippen LogP contribution in [0.4, 0.5) is 0 Å². The van der Waals surface area contributed by atoms with Gasteiger partial charge in [0, 0.05) is 5.56 Å². The molecular formula is C11H12O3. The molecule has 3 heteroatoms. The zero-order chi connectivity index (χ0) is 10.7. The first-order chi connectivity index (χ1) is 6.57. The second-order valence-electron chi connectivity index (χ2n) is 3.01.